The number of nitrogens with zero attached hydrogens (tertiary/aromatic N) is 2. The van der Waals surface area contributed by atoms with E-state index in [4.69, 9.17) is 10.00 Å². The van der Waals surface area contributed by atoms with E-state index < -0.39 is 18.7 Å². The van der Waals surface area contributed by atoms with Gasteiger partial charge in [-0.3, -0.25) is 14.6 Å². The summed E-state index contributed by atoms with van der Waals surface area (Å²) in [5, 5.41) is 13.6. The van der Waals surface area contributed by atoms with Gasteiger partial charge in [-0.2, -0.15) is 18.4 Å². The summed E-state index contributed by atoms with van der Waals surface area (Å²) in [4.78, 5) is 27.3. The third kappa shape index (κ3) is 7.66. The zero-order valence-electron chi connectivity index (χ0n) is 16.0. The van der Waals surface area contributed by atoms with Gasteiger partial charge in [0, 0.05) is 11.8 Å². The van der Waals surface area contributed by atoms with E-state index in [9.17, 15) is 22.8 Å². The number of halogens is 3. The number of hydrogen-bond donors (Lipinski definition) is 2. The predicted molar refractivity (Wildman–Crippen MR) is 106 cm³/mol. The second kappa shape index (κ2) is 11.2. The first-order valence-electron chi connectivity index (χ1n) is 8.83. The number of nitrogens with one attached hydrogen (secondary N) is 2. The zero-order chi connectivity index (χ0) is 22.7. The summed E-state index contributed by atoms with van der Waals surface area (Å²) in [6.45, 7) is -1.52. The van der Waals surface area contributed by atoms with Gasteiger partial charge in [0.1, 0.15) is 5.75 Å². The molecule has 0 saturated heterocycles. The molecule has 0 spiro atoms. The van der Waals surface area contributed by atoms with Crippen molar-refractivity contribution < 1.29 is 27.5 Å². The quantitative estimate of drug-likeness (QED) is 0.361. The molecule has 10 heteroatoms. The highest BCUT2D eigenvalue weighted by Gasteiger charge is 2.29. The lowest BCUT2D eigenvalue weighted by atomic mass is 10.0. The smallest absolute Gasteiger partial charge is 0.422 e. The highest BCUT2D eigenvalue weighted by atomic mass is 19.4. The third-order valence-corrected chi connectivity index (χ3v) is 3.68. The topological polar surface area (TPSA) is 104 Å². The Hall–Kier alpha value is -4.13. The zero-order valence-corrected chi connectivity index (χ0v) is 16.0. The van der Waals surface area contributed by atoms with Crippen molar-refractivity contribution in [2.45, 2.75) is 12.6 Å². The van der Waals surface area contributed by atoms with Crippen LogP contribution in [0.15, 0.2) is 60.9 Å². The molecule has 0 unspecified atom stereocenters. The number of ether oxygens (including phenoxy) is 1. The molecule has 160 valence electrons. The summed E-state index contributed by atoms with van der Waals surface area (Å²) < 4.78 is 42.7. The summed E-state index contributed by atoms with van der Waals surface area (Å²) in [7, 11) is 0. The Morgan fingerprint density at radius 1 is 1.23 bits per heavy atom. The van der Waals surface area contributed by atoms with Crippen LogP contribution in [0.25, 0.3) is 5.57 Å². The first-order valence-corrected chi connectivity index (χ1v) is 8.83. The van der Waals surface area contributed by atoms with E-state index in [1.54, 1.807) is 18.2 Å². The molecule has 1 aromatic heterocycles. The lowest BCUT2D eigenvalue weighted by molar-refractivity contribution is -0.153. The minimum Gasteiger partial charge on any atom is -0.483 e. The molecule has 0 fully saturated rings. The fraction of sp³-hybridized carbons (Fsp3) is 0.143. The highest BCUT2D eigenvalue weighted by Crippen LogP contribution is 2.29. The third-order valence-electron chi connectivity index (χ3n) is 3.68. The van der Waals surface area contributed by atoms with Crippen LogP contribution < -0.4 is 15.4 Å². The maximum absolute atomic E-state index is 12.9. The van der Waals surface area contributed by atoms with Gasteiger partial charge in [0.25, 0.3) is 5.91 Å². The number of pyridine rings is 1. The van der Waals surface area contributed by atoms with E-state index in [-0.39, 0.29) is 23.3 Å². The number of benzene rings is 1. The molecule has 2 rings (SSSR count). The standard InChI is InChI=1S/C21H17F3N4O3/c22-21(23,24)13-31-19-6-2-1-4-17(19)18(5-3-11-26-14-29)20(30)28-16-8-7-15(9-10-25)27-12-16/h1-8,11-12,14H,9,13H2,(H,26,29)(H,28,30)/b11-3-,18-5+. The van der Waals surface area contributed by atoms with Gasteiger partial charge in [0.15, 0.2) is 6.61 Å². The molecule has 7 nitrogen and oxygen atoms in total. The molecule has 2 N–H and O–H groups in total. The van der Waals surface area contributed by atoms with Gasteiger partial charge in [-0.15, -0.1) is 0 Å². The van der Waals surface area contributed by atoms with Crippen LogP contribution in [-0.4, -0.2) is 30.1 Å². The summed E-state index contributed by atoms with van der Waals surface area (Å²) in [5.74, 6) is -0.783. The molecule has 31 heavy (non-hydrogen) atoms. The number of anilines is 1. The van der Waals surface area contributed by atoms with Crippen molar-refractivity contribution in [1.29, 1.82) is 5.26 Å². The van der Waals surface area contributed by atoms with Gasteiger partial charge < -0.3 is 15.4 Å². The summed E-state index contributed by atoms with van der Waals surface area (Å²) in [5.41, 5.74) is 0.947. The van der Waals surface area contributed by atoms with Crippen LogP contribution in [0.3, 0.4) is 0 Å². The summed E-state index contributed by atoms with van der Waals surface area (Å²) in [6.07, 6.45) is 1.24. The fourth-order valence-electron chi connectivity index (χ4n) is 2.38. The second-order valence-corrected chi connectivity index (χ2v) is 5.95. The van der Waals surface area contributed by atoms with Crippen LogP contribution >= 0.6 is 0 Å². The summed E-state index contributed by atoms with van der Waals surface area (Å²) in [6, 6.07) is 10.8. The van der Waals surface area contributed by atoms with E-state index in [2.05, 4.69) is 15.6 Å². The molecular weight excluding hydrogens is 413 g/mol. The molecule has 0 radical (unpaired) electrons. The Labute approximate surface area is 175 Å². The number of hydrogen-bond acceptors (Lipinski definition) is 5. The van der Waals surface area contributed by atoms with Crippen LogP contribution in [0.1, 0.15) is 11.3 Å². The molecule has 0 aliphatic carbocycles. The van der Waals surface area contributed by atoms with Crippen LogP contribution in [0.2, 0.25) is 0 Å². The molecule has 0 bridgehead atoms. The second-order valence-electron chi connectivity index (χ2n) is 5.95. The van der Waals surface area contributed by atoms with E-state index >= 15 is 0 Å². The lowest BCUT2D eigenvalue weighted by Gasteiger charge is -2.15. The van der Waals surface area contributed by atoms with Crippen molar-refractivity contribution in [3.05, 3.63) is 72.2 Å². The first-order chi connectivity index (χ1) is 14.8. The monoisotopic (exact) mass is 430 g/mol. The highest BCUT2D eigenvalue weighted by molar-refractivity contribution is 6.26. The summed E-state index contributed by atoms with van der Waals surface area (Å²) >= 11 is 0. The van der Waals surface area contributed by atoms with Gasteiger partial charge in [-0.1, -0.05) is 18.2 Å². The fourth-order valence-corrected chi connectivity index (χ4v) is 2.38. The van der Waals surface area contributed by atoms with Crippen molar-refractivity contribution in [2.24, 2.45) is 0 Å². The number of amides is 2. The van der Waals surface area contributed by atoms with E-state index in [1.807, 2.05) is 6.07 Å². The van der Waals surface area contributed by atoms with Crippen molar-refractivity contribution in [3.8, 4) is 11.8 Å². The Kier molecular flexibility index (Phi) is 8.33. The Balaban J connectivity index is 2.34. The van der Waals surface area contributed by atoms with Crippen LogP contribution in [0.4, 0.5) is 18.9 Å². The molecular formula is C21H17F3N4O3. The average Bonchev–Trinajstić information content (AvgIpc) is 2.74. The number of para-hydroxylation sites is 1. The van der Waals surface area contributed by atoms with Crippen molar-refractivity contribution >= 4 is 23.6 Å². The number of carbonyl (C=O) groups is 2. The van der Waals surface area contributed by atoms with Crippen LogP contribution in [0.5, 0.6) is 5.75 Å². The molecule has 1 heterocycles. The molecule has 0 aliphatic rings. The number of allylic oxidation sites excluding steroid dienone is 2. The van der Waals surface area contributed by atoms with E-state index in [0.29, 0.717) is 17.8 Å². The van der Waals surface area contributed by atoms with Gasteiger partial charge in [-0.05, 0) is 30.4 Å². The SMILES string of the molecule is N#CCc1ccc(NC(=O)/C(=C/C=C\NC=O)c2ccccc2OCC(F)(F)F)cn1. The average molecular weight is 430 g/mol. The van der Waals surface area contributed by atoms with Crippen molar-refractivity contribution in [1.82, 2.24) is 10.3 Å². The molecule has 2 amide bonds. The normalized spacial score (nSPS) is 11.6. The molecule has 0 atom stereocenters. The molecule has 2 aromatic rings. The minimum absolute atomic E-state index is 0.0113. The van der Waals surface area contributed by atoms with Gasteiger partial charge in [0.2, 0.25) is 6.41 Å². The minimum atomic E-state index is -4.55. The van der Waals surface area contributed by atoms with E-state index in [0.717, 1.165) is 0 Å². The van der Waals surface area contributed by atoms with Gasteiger partial charge in [-0.25, -0.2) is 0 Å². The number of alkyl halides is 3. The Morgan fingerprint density at radius 3 is 2.65 bits per heavy atom. The molecule has 0 saturated carbocycles. The van der Waals surface area contributed by atoms with Gasteiger partial charge in [0.05, 0.1) is 35.6 Å². The van der Waals surface area contributed by atoms with E-state index in [1.165, 1.54) is 42.7 Å². The van der Waals surface area contributed by atoms with Crippen LogP contribution in [0, 0.1) is 11.3 Å². The Morgan fingerprint density at radius 2 is 2.00 bits per heavy atom. The van der Waals surface area contributed by atoms with Crippen molar-refractivity contribution in [3.63, 3.8) is 0 Å². The Bertz CT molecular complexity index is 1010. The predicted octanol–water partition coefficient (Wildman–Crippen LogP) is 3.37. The maximum Gasteiger partial charge on any atom is 0.422 e. The lowest BCUT2D eigenvalue weighted by Crippen LogP contribution is -2.20. The number of carbonyl (C=O) groups excluding carboxylic acids is 2. The number of rotatable bonds is 9. The molecule has 0 aliphatic heterocycles. The molecule has 1 aromatic carbocycles. The van der Waals surface area contributed by atoms with Crippen molar-refractivity contribution in [2.75, 3.05) is 11.9 Å². The first kappa shape index (κ1) is 23.2. The largest absolute Gasteiger partial charge is 0.483 e. The maximum atomic E-state index is 12.9. The number of aromatic nitrogens is 1. The van der Waals surface area contributed by atoms with Gasteiger partial charge >= 0.3 is 6.18 Å². The van der Waals surface area contributed by atoms with Crippen LogP contribution in [-0.2, 0) is 16.0 Å². The number of nitriles is 1.